The minimum absolute atomic E-state index is 0.0790. The normalized spacial score (nSPS) is 14.7. The summed E-state index contributed by atoms with van der Waals surface area (Å²) < 4.78 is 10.9. The van der Waals surface area contributed by atoms with Gasteiger partial charge in [-0.25, -0.2) is 0 Å². The minimum Gasteiger partial charge on any atom is -0.489 e. The first-order valence-electron chi connectivity index (χ1n) is 8.19. The molecular formula is C19H25NO4. The Hall–Kier alpha value is -2.27. The molecular weight excluding hydrogens is 306 g/mol. The number of benzene rings is 1. The predicted molar refractivity (Wildman–Crippen MR) is 91.9 cm³/mol. The van der Waals surface area contributed by atoms with E-state index in [9.17, 15) is 9.90 Å². The maximum absolute atomic E-state index is 12.3. The number of amides is 1. The summed E-state index contributed by atoms with van der Waals surface area (Å²) >= 11 is 0. The van der Waals surface area contributed by atoms with Gasteiger partial charge in [-0.1, -0.05) is 38.5 Å². The number of hydrogen-bond acceptors (Lipinski definition) is 4. The van der Waals surface area contributed by atoms with Gasteiger partial charge < -0.3 is 19.6 Å². The van der Waals surface area contributed by atoms with Gasteiger partial charge in [-0.2, -0.15) is 0 Å². The maximum Gasteiger partial charge on any atom is 0.287 e. The van der Waals surface area contributed by atoms with Crippen LogP contribution in [0.4, 0.5) is 0 Å². The molecule has 2 unspecified atom stereocenters. The fourth-order valence-electron chi connectivity index (χ4n) is 2.28. The molecule has 2 N–H and O–H groups in total. The third-order valence-electron chi connectivity index (χ3n) is 4.37. The summed E-state index contributed by atoms with van der Waals surface area (Å²) in [5.41, 5.74) is -0.294. The fraction of sp³-hybridized carbons (Fsp3) is 0.421. The van der Waals surface area contributed by atoms with Crippen LogP contribution in [-0.2, 0) is 6.61 Å². The van der Waals surface area contributed by atoms with Crippen LogP contribution in [-0.4, -0.2) is 23.2 Å². The Morgan fingerprint density at radius 3 is 2.71 bits per heavy atom. The first-order valence-corrected chi connectivity index (χ1v) is 8.19. The molecule has 1 amide bonds. The summed E-state index contributed by atoms with van der Waals surface area (Å²) in [4.78, 5) is 12.3. The van der Waals surface area contributed by atoms with Crippen molar-refractivity contribution in [1.82, 2.24) is 5.32 Å². The highest BCUT2D eigenvalue weighted by atomic mass is 16.5. The van der Waals surface area contributed by atoms with E-state index in [-0.39, 0.29) is 30.7 Å². The van der Waals surface area contributed by atoms with E-state index >= 15 is 0 Å². The van der Waals surface area contributed by atoms with Gasteiger partial charge in [-0.05, 0) is 31.0 Å². The number of aliphatic hydroxyl groups is 1. The van der Waals surface area contributed by atoms with Crippen molar-refractivity contribution in [3.8, 4) is 5.75 Å². The highest BCUT2D eigenvalue weighted by Crippen LogP contribution is 2.20. The van der Waals surface area contributed by atoms with Gasteiger partial charge in [0.2, 0.25) is 0 Å². The third-order valence-corrected chi connectivity index (χ3v) is 4.37. The minimum atomic E-state index is -0.961. The highest BCUT2D eigenvalue weighted by molar-refractivity contribution is 5.92. The molecule has 24 heavy (non-hydrogen) atoms. The van der Waals surface area contributed by atoms with Crippen molar-refractivity contribution in [3.63, 3.8) is 0 Å². The Balaban J connectivity index is 1.95. The molecule has 0 aliphatic heterocycles. The Morgan fingerprint density at radius 2 is 2.04 bits per heavy atom. The van der Waals surface area contributed by atoms with Gasteiger partial charge in [0.15, 0.2) is 5.76 Å². The number of carbonyl (C=O) groups is 1. The van der Waals surface area contributed by atoms with E-state index in [1.807, 2.05) is 44.2 Å². The molecule has 1 aromatic carbocycles. The van der Waals surface area contributed by atoms with E-state index in [1.54, 1.807) is 13.0 Å². The molecule has 1 heterocycles. The zero-order valence-electron chi connectivity index (χ0n) is 14.4. The van der Waals surface area contributed by atoms with Crippen molar-refractivity contribution < 1.29 is 19.1 Å². The van der Waals surface area contributed by atoms with E-state index < -0.39 is 5.60 Å². The monoisotopic (exact) mass is 331 g/mol. The molecule has 0 saturated heterocycles. The van der Waals surface area contributed by atoms with Crippen LogP contribution >= 0.6 is 0 Å². The second kappa shape index (κ2) is 8.02. The van der Waals surface area contributed by atoms with Crippen LogP contribution in [0.2, 0.25) is 0 Å². The largest absolute Gasteiger partial charge is 0.489 e. The van der Waals surface area contributed by atoms with Crippen LogP contribution in [0.5, 0.6) is 5.75 Å². The Labute approximate surface area is 142 Å². The van der Waals surface area contributed by atoms with Crippen molar-refractivity contribution in [2.45, 2.75) is 39.4 Å². The molecule has 130 valence electrons. The first-order chi connectivity index (χ1) is 11.4. The summed E-state index contributed by atoms with van der Waals surface area (Å²) in [6.07, 6.45) is 2.30. The molecule has 0 aliphatic carbocycles. The average Bonchev–Trinajstić information content (AvgIpc) is 3.06. The van der Waals surface area contributed by atoms with Crippen LogP contribution in [0.3, 0.4) is 0 Å². The quantitative estimate of drug-likeness (QED) is 0.778. The van der Waals surface area contributed by atoms with Gasteiger partial charge in [-0.15, -0.1) is 0 Å². The standard InChI is InChI=1S/C19H25NO4/c1-4-14(2)19(3,22)13-20-18(21)17-15(10-11-23-17)12-24-16-8-6-5-7-9-16/h5-11,14,22H,4,12-13H2,1-3H3,(H,20,21). The number of carbonyl (C=O) groups excluding carboxylic acids is 1. The van der Waals surface area contributed by atoms with E-state index in [0.717, 1.165) is 12.2 Å². The smallest absolute Gasteiger partial charge is 0.287 e. The van der Waals surface area contributed by atoms with Crippen molar-refractivity contribution in [2.24, 2.45) is 5.92 Å². The third kappa shape index (κ3) is 4.61. The molecule has 5 nitrogen and oxygen atoms in total. The maximum atomic E-state index is 12.3. The van der Waals surface area contributed by atoms with Crippen LogP contribution < -0.4 is 10.1 Å². The summed E-state index contributed by atoms with van der Waals surface area (Å²) in [6, 6.07) is 11.1. The molecule has 0 bridgehead atoms. The molecule has 1 aromatic heterocycles. The lowest BCUT2D eigenvalue weighted by Gasteiger charge is -2.29. The molecule has 0 radical (unpaired) electrons. The highest BCUT2D eigenvalue weighted by Gasteiger charge is 2.28. The number of rotatable bonds is 8. The molecule has 0 spiro atoms. The predicted octanol–water partition coefficient (Wildman–Crippen LogP) is 3.39. The van der Waals surface area contributed by atoms with Gasteiger partial charge in [0.1, 0.15) is 12.4 Å². The SMILES string of the molecule is CCC(C)C(C)(O)CNC(=O)c1occc1COc1ccccc1. The lowest BCUT2D eigenvalue weighted by molar-refractivity contribution is 0.00566. The van der Waals surface area contributed by atoms with Gasteiger partial charge in [0.05, 0.1) is 11.9 Å². The van der Waals surface area contributed by atoms with Crippen LogP contribution in [0.1, 0.15) is 43.3 Å². The lowest BCUT2D eigenvalue weighted by atomic mass is 9.88. The summed E-state index contributed by atoms with van der Waals surface area (Å²) in [5.74, 6) is 0.668. The molecule has 2 rings (SSSR count). The van der Waals surface area contributed by atoms with E-state index in [0.29, 0.717) is 5.56 Å². The van der Waals surface area contributed by atoms with Crippen molar-refractivity contribution in [3.05, 3.63) is 54.0 Å². The number of para-hydroxylation sites is 1. The van der Waals surface area contributed by atoms with Crippen molar-refractivity contribution >= 4 is 5.91 Å². The Morgan fingerprint density at radius 1 is 1.33 bits per heavy atom. The van der Waals surface area contributed by atoms with Gasteiger partial charge >= 0.3 is 0 Å². The topological polar surface area (TPSA) is 71.7 Å². The fourth-order valence-corrected chi connectivity index (χ4v) is 2.28. The van der Waals surface area contributed by atoms with Gasteiger partial charge in [0, 0.05) is 12.1 Å². The summed E-state index contributed by atoms with van der Waals surface area (Å²) in [6.45, 7) is 6.10. The lowest BCUT2D eigenvalue weighted by Crippen LogP contribution is -2.45. The second-order valence-corrected chi connectivity index (χ2v) is 6.23. The summed E-state index contributed by atoms with van der Waals surface area (Å²) in [5, 5.41) is 13.1. The van der Waals surface area contributed by atoms with E-state index in [4.69, 9.17) is 9.15 Å². The molecule has 0 aliphatic rings. The zero-order valence-corrected chi connectivity index (χ0v) is 14.4. The Bertz CT molecular complexity index is 648. The summed E-state index contributed by atoms with van der Waals surface area (Å²) in [7, 11) is 0. The Kier molecular flexibility index (Phi) is 6.04. The molecule has 0 fully saturated rings. The molecule has 2 aromatic rings. The van der Waals surface area contributed by atoms with E-state index in [2.05, 4.69) is 5.32 Å². The number of hydrogen-bond donors (Lipinski definition) is 2. The van der Waals surface area contributed by atoms with Gasteiger partial charge in [-0.3, -0.25) is 4.79 Å². The van der Waals surface area contributed by atoms with Gasteiger partial charge in [0.25, 0.3) is 5.91 Å². The van der Waals surface area contributed by atoms with E-state index in [1.165, 1.54) is 6.26 Å². The molecule has 0 saturated carbocycles. The number of ether oxygens (including phenoxy) is 1. The molecule has 5 heteroatoms. The number of nitrogens with one attached hydrogen (secondary N) is 1. The number of furan rings is 1. The van der Waals surface area contributed by atoms with Crippen molar-refractivity contribution in [1.29, 1.82) is 0 Å². The molecule has 2 atom stereocenters. The van der Waals surface area contributed by atoms with Crippen LogP contribution in [0.15, 0.2) is 47.1 Å². The average molecular weight is 331 g/mol. The first kappa shape index (κ1) is 18.1. The second-order valence-electron chi connectivity index (χ2n) is 6.23. The zero-order chi connectivity index (χ0) is 17.6. The van der Waals surface area contributed by atoms with Crippen LogP contribution in [0.25, 0.3) is 0 Å². The van der Waals surface area contributed by atoms with Crippen LogP contribution in [0, 0.1) is 5.92 Å². The van der Waals surface area contributed by atoms with Crippen molar-refractivity contribution in [2.75, 3.05) is 6.54 Å².